The molecule has 1 aliphatic carbocycles. The molecule has 2 heteroatoms. The molecule has 1 fully saturated rings. The molecule has 0 unspecified atom stereocenters. The van der Waals surface area contributed by atoms with E-state index in [0.717, 1.165) is 24.8 Å². The average Bonchev–Trinajstić information content (AvgIpc) is 2.80. The molecule has 1 heterocycles. The molecule has 0 atom stereocenters. The van der Waals surface area contributed by atoms with Gasteiger partial charge < -0.3 is 9.73 Å². The minimum absolute atomic E-state index is 0.158. The SMILES string of the molecule is CC(C)(CCNC1CC1)c1ccco1. The molecule has 0 bridgehead atoms. The molecule has 0 radical (unpaired) electrons. The van der Waals surface area contributed by atoms with Crippen LogP contribution in [0.15, 0.2) is 22.8 Å². The molecular formula is C12H19NO. The molecule has 0 aromatic carbocycles. The molecule has 0 spiro atoms. The smallest absolute Gasteiger partial charge is 0.109 e. The highest BCUT2D eigenvalue weighted by Gasteiger charge is 2.25. The van der Waals surface area contributed by atoms with Crippen molar-refractivity contribution in [2.45, 2.75) is 44.6 Å². The summed E-state index contributed by atoms with van der Waals surface area (Å²) in [5.74, 6) is 1.09. The summed E-state index contributed by atoms with van der Waals surface area (Å²) in [6.07, 6.45) is 5.62. The molecule has 1 aromatic rings. The van der Waals surface area contributed by atoms with Crippen molar-refractivity contribution in [3.8, 4) is 0 Å². The summed E-state index contributed by atoms with van der Waals surface area (Å²) in [5, 5.41) is 3.53. The van der Waals surface area contributed by atoms with Crippen LogP contribution in [0.2, 0.25) is 0 Å². The van der Waals surface area contributed by atoms with Crippen LogP contribution in [0, 0.1) is 0 Å². The fourth-order valence-corrected chi connectivity index (χ4v) is 1.66. The number of nitrogens with one attached hydrogen (secondary N) is 1. The van der Waals surface area contributed by atoms with E-state index < -0.39 is 0 Å². The maximum Gasteiger partial charge on any atom is 0.109 e. The summed E-state index contributed by atoms with van der Waals surface area (Å²) >= 11 is 0. The lowest BCUT2D eigenvalue weighted by molar-refractivity contribution is 0.358. The van der Waals surface area contributed by atoms with E-state index in [1.54, 1.807) is 6.26 Å². The van der Waals surface area contributed by atoms with Crippen LogP contribution in [0.5, 0.6) is 0 Å². The maximum absolute atomic E-state index is 5.44. The zero-order chi connectivity index (χ0) is 10.0. The standard InChI is InChI=1S/C12H19NO/c1-12(2,11-4-3-9-14-11)7-8-13-10-5-6-10/h3-4,9-10,13H,5-8H2,1-2H3. The summed E-state index contributed by atoms with van der Waals surface area (Å²) in [4.78, 5) is 0. The Hall–Kier alpha value is -0.760. The lowest BCUT2D eigenvalue weighted by Crippen LogP contribution is -2.26. The lowest BCUT2D eigenvalue weighted by Gasteiger charge is -2.22. The van der Waals surface area contributed by atoms with E-state index in [9.17, 15) is 0 Å². The van der Waals surface area contributed by atoms with E-state index in [1.165, 1.54) is 12.8 Å². The topological polar surface area (TPSA) is 25.2 Å². The molecule has 2 nitrogen and oxygen atoms in total. The first-order valence-corrected chi connectivity index (χ1v) is 5.46. The van der Waals surface area contributed by atoms with Crippen LogP contribution >= 0.6 is 0 Å². The van der Waals surface area contributed by atoms with Gasteiger partial charge in [-0.1, -0.05) is 13.8 Å². The van der Waals surface area contributed by atoms with Gasteiger partial charge in [-0.15, -0.1) is 0 Å². The van der Waals surface area contributed by atoms with Crippen LogP contribution < -0.4 is 5.32 Å². The van der Waals surface area contributed by atoms with Crippen LogP contribution in [-0.4, -0.2) is 12.6 Å². The molecule has 0 aliphatic heterocycles. The Morgan fingerprint density at radius 3 is 2.86 bits per heavy atom. The normalized spacial score (nSPS) is 17.3. The molecule has 1 N–H and O–H groups in total. The molecule has 1 aliphatic rings. The molecular weight excluding hydrogens is 174 g/mol. The average molecular weight is 193 g/mol. The van der Waals surface area contributed by atoms with E-state index in [2.05, 4.69) is 25.2 Å². The van der Waals surface area contributed by atoms with E-state index in [-0.39, 0.29) is 5.41 Å². The summed E-state index contributed by atoms with van der Waals surface area (Å²) < 4.78 is 5.44. The maximum atomic E-state index is 5.44. The molecule has 2 rings (SSSR count). The summed E-state index contributed by atoms with van der Waals surface area (Å²) in [6, 6.07) is 4.84. The fraction of sp³-hybridized carbons (Fsp3) is 0.667. The van der Waals surface area contributed by atoms with Crippen LogP contribution in [0.3, 0.4) is 0 Å². The van der Waals surface area contributed by atoms with Crippen molar-refractivity contribution in [2.75, 3.05) is 6.54 Å². The van der Waals surface area contributed by atoms with Crippen LogP contribution in [0.4, 0.5) is 0 Å². The van der Waals surface area contributed by atoms with Gasteiger partial charge in [-0.3, -0.25) is 0 Å². The van der Waals surface area contributed by atoms with Crippen molar-refractivity contribution >= 4 is 0 Å². The van der Waals surface area contributed by atoms with Gasteiger partial charge in [-0.25, -0.2) is 0 Å². The van der Waals surface area contributed by atoms with Crippen molar-refractivity contribution in [3.63, 3.8) is 0 Å². The Balaban J connectivity index is 1.81. The zero-order valence-electron chi connectivity index (χ0n) is 9.05. The Morgan fingerprint density at radius 1 is 1.50 bits per heavy atom. The van der Waals surface area contributed by atoms with Gasteiger partial charge in [0, 0.05) is 11.5 Å². The van der Waals surface area contributed by atoms with Gasteiger partial charge in [0.15, 0.2) is 0 Å². The Kier molecular flexibility index (Phi) is 2.64. The summed E-state index contributed by atoms with van der Waals surface area (Å²) in [6.45, 7) is 5.57. The predicted molar refractivity (Wildman–Crippen MR) is 57.4 cm³/mol. The Bertz CT molecular complexity index is 273. The van der Waals surface area contributed by atoms with Gasteiger partial charge in [0.25, 0.3) is 0 Å². The second kappa shape index (κ2) is 3.77. The number of hydrogen-bond donors (Lipinski definition) is 1. The third-order valence-electron chi connectivity index (χ3n) is 2.95. The Morgan fingerprint density at radius 2 is 2.29 bits per heavy atom. The first-order chi connectivity index (χ1) is 6.68. The molecule has 0 saturated heterocycles. The third-order valence-corrected chi connectivity index (χ3v) is 2.95. The third kappa shape index (κ3) is 2.38. The zero-order valence-corrected chi connectivity index (χ0v) is 9.05. The second-order valence-corrected chi connectivity index (χ2v) is 4.84. The van der Waals surface area contributed by atoms with Gasteiger partial charge >= 0.3 is 0 Å². The molecule has 1 saturated carbocycles. The minimum atomic E-state index is 0.158. The van der Waals surface area contributed by atoms with Gasteiger partial charge in [-0.05, 0) is 37.9 Å². The monoisotopic (exact) mass is 193 g/mol. The minimum Gasteiger partial charge on any atom is -0.469 e. The number of rotatable bonds is 5. The molecule has 1 aromatic heterocycles. The van der Waals surface area contributed by atoms with Gasteiger partial charge in [0.05, 0.1) is 6.26 Å². The van der Waals surface area contributed by atoms with Gasteiger partial charge in [0.1, 0.15) is 5.76 Å². The van der Waals surface area contributed by atoms with Crippen LogP contribution in [-0.2, 0) is 5.41 Å². The van der Waals surface area contributed by atoms with E-state index >= 15 is 0 Å². The van der Waals surface area contributed by atoms with Crippen molar-refractivity contribution < 1.29 is 4.42 Å². The second-order valence-electron chi connectivity index (χ2n) is 4.84. The van der Waals surface area contributed by atoms with Gasteiger partial charge in [-0.2, -0.15) is 0 Å². The van der Waals surface area contributed by atoms with E-state index in [1.807, 2.05) is 6.07 Å². The van der Waals surface area contributed by atoms with E-state index in [0.29, 0.717) is 0 Å². The first-order valence-electron chi connectivity index (χ1n) is 5.46. The molecule has 14 heavy (non-hydrogen) atoms. The van der Waals surface area contributed by atoms with Crippen molar-refractivity contribution in [1.29, 1.82) is 0 Å². The quantitative estimate of drug-likeness (QED) is 0.777. The number of hydrogen-bond acceptors (Lipinski definition) is 2. The highest BCUT2D eigenvalue weighted by atomic mass is 16.3. The summed E-state index contributed by atoms with van der Waals surface area (Å²) in [5.41, 5.74) is 0.158. The largest absolute Gasteiger partial charge is 0.469 e. The first kappa shape index (κ1) is 9.78. The fourth-order valence-electron chi connectivity index (χ4n) is 1.66. The van der Waals surface area contributed by atoms with Crippen molar-refractivity contribution in [1.82, 2.24) is 5.32 Å². The molecule has 78 valence electrons. The van der Waals surface area contributed by atoms with Crippen LogP contribution in [0.25, 0.3) is 0 Å². The predicted octanol–water partition coefficient (Wildman–Crippen LogP) is 2.70. The van der Waals surface area contributed by atoms with E-state index in [4.69, 9.17) is 4.42 Å². The highest BCUT2D eigenvalue weighted by molar-refractivity contribution is 5.10. The van der Waals surface area contributed by atoms with Crippen molar-refractivity contribution in [2.24, 2.45) is 0 Å². The molecule has 0 amide bonds. The van der Waals surface area contributed by atoms with Gasteiger partial charge in [0.2, 0.25) is 0 Å². The van der Waals surface area contributed by atoms with Crippen LogP contribution in [0.1, 0.15) is 38.9 Å². The Labute approximate surface area is 85.7 Å². The highest BCUT2D eigenvalue weighted by Crippen LogP contribution is 2.27. The number of furan rings is 1. The lowest BCUT2D eigenvalue weighted by atomic mass is 9.86. The van der Waals surface area contributed by atoms with Crippen molar-refractivity contribution in [3.05, 3.63) is 24.2 Å². The summed E-state index contributed by atoms with van der Waals surface area (Å²) in [7, 11) is 0.